The molecule has 5 nitrogen and oxygen atoms in total. The first kappa shape index (κ1) is 21.8. The average Bonchev–Trinajstić information content (AvgIpc) is 3.09. The summed E-state index contributed by atoms with van der Waals surface area (Å²) in [7, 11) is 0. The van der Waals surface area contributed by atoms with Gasteiger partial charge >= 0.3 is 6.18 Å². The van der Waals surface area contributed by atoms with Crippen molar-refractivity contribution in [1.29, 1.82) is 0 Å². The van der Waals surface area contributed by atoms with E-state index in [1.165, 1.54) is 0 Å². The van der Waals surface area contributed by atoms with Crippen LogP contribution in [0, 0.1) is 0 Å². The molecule has 0 unspecified atom stereocenters. The van der Waals surface area contributed by atoms with Gasteiger partial charge in [0.1, 0.15) is 0 Å². The molecule has 1 amide bonds. The smallest absolute Gasteiger partial charge is 0.324 e. The summed E-state index contributed by atoms with van der Waals surface area (Å²) in [5.74, 6) is -0.319. The van der Waals surface area contributed by atoms with Crippen molar-refractivity contribution >= 4 is 58.2 Å². The summed E-state index contributed by atoms with van der Waals surface area (Å²) in [5, 5.41) is 10.1. The van der Waals surface area contributed by atoms with E-state index in [1.807, 2.05) is 0 Å². The molecule has 0 saturated heterocycles. The zero-order valence-corrected chi connectivity index (χ0v) is 17.2. The van der Waals surface area contributed by atoms with E-state index in [-0.39, 0.29) is 21.6 Å². The van der Waals surface area contributed by atoms with Gasteiger partial charge in [-0.05, 0) is 36.4 Å². The number of alkyl halides is 3. The Hall–Kier alpha value is -1.94. The quantitative estimate of drug-likeness (QED) is 0.427. The topological polar surface area (TPSA) is 70.7 Å². The monoisotopic (exact) mass is 480 g/mol. The molecule has 3 rings (SSSR count). The van der Waals surface area contributed by atoms with Gasteiger partial charge in [-0.25, -0.2) is 4.98 Å². The fraction of sp³-hybridized carbons (Fsp3) is 0.118. The Kier molecular flexibility index (Phi) is 6.62. The molecule has 0 fully saturated rings. The summed E-state index contributed by atoms with van der Waals surface area (Å²) in [6, 6.07) is 7.55. The van der Waals surface area contributed by atoms with E-state index in [9.17, 15) is 18.0 Å². The lowest BCUT2D eigenvalue weighted by atomic mass is 10.2. The molecule has 0 atom stereocenters. The molecule has 29 heavy (non-hydrogen) atoms. The molecule has 0 aliphatic rings. The molecular weight excluding hydrogens is 472 g/mol. The highest BCUT2D eigenvalue weighted by atomic mass is 35.5. The summed E-state index contributed by atoms with van der Waals surface area (Å²) in [4.78, 5) is 16.3. The van der Waals surface area contributed by atoms with Gasteiger partial charge in [-0.15, -0.1) is 5.10 Å². The number of nitrogens with one attached hydrogen (secondary N) is 2. The van der Waals surface area contributed by atoms with Crippen LogP contribution in [0.4, 0.5) is 18.9 Å². The second-order valence-corrected chi connectivity index (χ2v) is 7.81. The molecular formula is C17H10Cl3F3N4OS. The van der Waals surface area contributed by atoms with Crippen molar-refractivity contribution in [3.05, 3.63) is 57.0 Å². The second-order valence-electron chi connectivity index (χ2n) is 5.62. The minimum Gasteiger partial charge on any atom is -0.324 e. The second kappa shape index (κ2) is 8.83. The number of hydrogen-bond donors (Lipinski definition) is 2. The molecule has 0 aliphatic heterocycles. The van der Waals surface area contributed by atoms with Crippen LogP contribution in [0.2, 0.25) is 15.1 Å². The zero-order valence-electron chi connectivity index (χ0n) is 14.1. The minimum atomic E-state index is -4.54. The van der Waals surface area contributed by atoms with Crippen molar-refractivity contribution < 1.29 is 18.0 Å². The van der Waals surface area contributed by atoms with Crippen LogP contribution in [0.1, 0.15) is 5.56 Å². The molecule has 3 aromatic rings. The van der Waals surface area contributed by atoms with Gasteiger partial charge in [0.05, 0.1) is 27.0 Å². The van der Waals surface area contributed by atoms with Crippen molar-refractivity contribution in [3.63, 3.8) is 0 Å². The van der Waals surface area contributed by atoms with Crippen molar-refractivity contribution in [2.45, 2.75) is 11.3 Å². The van der Waals surface area contributed by atoms with Crippen LogP contribution in [-0.4, -0.2) is 26.8 Å². The van der Waals surface area contributed by atoms with Gasteiger partial charge in [0.2, 0.25) is 11.1 Å². The first-order valence-electron chi connectivity index (χ1n) is 7.80. The van der Waals surface area contributed by atoms with Crippen molar-refractivity contribution in [1.82, 2.24) is 15.2 Å². The highest BCUT2D eigenvalue weighted by Gasteiger charge is 2.31. The van der Waals surface area contributed by atoms with E-state index in [0.717, 1.165) is 30.0 Å². The number of anilines is 1. The molecule has 0 spiro atoms. The Morgan fingerprint density at radius 1 is 1.10 bits per heavy atom. The minimum absolute atomic E-state index is 0.00564. The summed E-state index contributed by atoms with van der Waals surface area (Å²) in [6.45, 7) is 0. The molecule has 0 bridgehead atoms. The number of aromatic nitrogens is 3. The molecule has 2 aromatic carbocycles. The molecule has 1 aromatic heterocycles. The predicted molar refractivity (Wildman–Crippen MR) is 108 cm³/mol. The number of rotatable bonds is 5. The van der Waals surface area contributed by atoms with Gasteiger partial charge in [-0.1, -0.05) is 46.6 Å². The number of carbonyl (C=O) groups is 1. The van der Waals surface area contributed by atoms with E-state index >= 15 is 0 Å². The van der Waals surface area contributed by atoms with Crippen LogP contribution in [0.15, 0.2) is 41.6 Å². The largest absolute Gasteiger partial charge is 0.416 e. The number of aromatic amines is 1. The summed E-state index contributed by atoms with van der Waals surface area (Å²) in [6.07, 6.45) is -4.54. The van der Waals surface area contributed by atoms with E-state index in [1.54, 1.807) is 18.2 Å². The van der Waals surface area contributed by atoms with Gasteiger partial charge in [0, 0.05) is 10.6 Å². The summed E-state index contributed by atoms with van der Waals surface area (Å²) >= 11 is 18.8. The van der Waals surface area contributed by atoms with Crippen LogP contribution in [0.5, 0.6) is 0 Å². The number of thioether (sulfide) groups is 1. The Morgan fingerprint density at radius 2 is 1.86 bits per heavy atom. The summed E-state index contributed by atoms with van der Waals surface area (Å²) < 4.78 is 38.4. The van der Waals surface area contributed by atoms with Crippen LogP contribution in [0.3, 0.4) is 0 Å². The molecule has 0 aliphatic carbocycles. The van der Waals surface area contributed by atoms with E-state index in [2.05, 4.69) is 20.5 Å². The SMILES string of the molecule is O=C(CSc1n[nH]c(-c2ccc(Cl)cc2Cl)n1)Nc1cc(C(F)(F)F)ccc1Cl. The molecule has 0 radical (unpaired) electrons. The molecule has 2 N–H and O–H groups in total. The van der Waals surface area contributed by atoms with Gasteiger partial charge in [-0.3, -0.25) is 9.89 Å². The number of nitrogens with zero attached hydrogens (tertiary/aromatic N) is 2. The molecule has 0 saturated carbocycles. The Bertz CT molecular complexity index is 1060. The van der Waals surface area contributed by atoms with Crippen LogP contribution in [0.25, 0.3) is 11.4 Å². The Balaban J connectivity index is 1.64. The number of H-pyrrole nitrogens is 1. The third-order valence-electron chi connectivity index (χ3n) is 3.55. The van der Waals surface area contributed by atoms with Crippen molar-refractivity contribution in [2.24, 2.45) is 0 Å². The maximum absolute atomic E-state index is 12.8. The fourth-order valence-electron chi connectivity index (χ4n) is 2.23. The number of amides is 1. The molecule has 152 valence electrons. The Labute approximate surface area is 181 Å². The highest BCUT2D eigenvalue weighted by molar-refractivity contribution is 7.99. The van der Waals surface area contributed by atoms with Crippen LogP contribution < -0.4 is 5.32 Å². The van der Waals surface area contributed by atoms with Gasteiger partial charge in [0.15, 0.2) is 5.82 Å². The van der Waals surface area contributed by atoms with E-state index < -0.39 is 17.6 Å². The number of halogens is 6. The first-order valence-corrected chi connectivity index (χ1v) is 9.92. The predicted octanol–water partition coefficient (Wildman–Crippen LogP) is 6.18. The third-order valence-corrected chi connectivity index (χ3v) is 5.28. The molecule has 12 heteroatoms. The lowest BCUT2D eigenvalue weighted by molar-refractivity contribution is -0.137. The third kappa shape index (κ3) is 5.57. The van der Waals surface area contributed by atoms with Crippen LogP contribution >= 0.6 is 46.6 Å². The fourth-order valence-corrected chi connectivity index (χ4v) is 3.49. The summed E-state index contributed by atoms with van der Waals surface area (Å²) in [5.41, 5.74) is -0.463. The normalized spacial score (nSPS) is 11.5. The van der Waals surface area contributed by atoms with Crippen molar-refractivity contribution in [3.8, 4) is 11.4 Å². The van der Waals surface area contributed by atoms with Gasteiger partial charge < -0.3 is 5.32 Å². The van der Waals surface area contributed by atoms with Gasteiger partial charge in [-0.2, -0.15) is 13.2 Å². The van der Waals surface area contributed by atoms with E-state index in [4.69, 9.17) is 34.8 Å². The number of hydrogen-bond acceptors (Lipinski definition) is 4. The zero-order chi connectivity index (χ0) is 21.2. The lowest BCUT2D eigenvalue weighted by Crippen LogP contribution is -2.15. The lowest BCUT2D eigenvalue weighted by Gasteiger charge is -2.11. The van der Waals surface area contributed by atoms with E-state index in [0.29, 0.717) is 21.4 Å². The molecule has 1 heterocycles. The van der Waals surface area contributed by atoms with Crippen LogP contribution in [-0.2, 0) is 11.0 Å². The maximum Gasteiger partial charge on any atom is 0.416 e. The first-order chi connectivity index (χ1) is 13.6. The number of carbonyl (C=O) groups excluding carboxylic acids is 1. The van der Waals surface area contributed by atoms with Gasteiger partial charge in [0.25, 0.3) is 0 Å². The Morgan fingerprint density at radius 3 is 2.55 bits per heavy atom. The maximum atomic E-state index is 12.8. The average molecular weight is 482 g/mol. The number of benzene rings is 2. The standard InChI is InChI=1S/C17H10Cl3F3N4OS/c18-9-2-3-10(12(20)6-9)15-25-16(27-26-15)29-7-14(28)24-13-5-8(17(21,22)23)1-4-11(13)19/h1-6H,7H2,(H,24,28)(H,25,26,27). The van der Waals surface area contributed by atoms with Crippen molar-refractivity contribution in [2.75, 3.05) is 11.1 Å². The highest BCUT2D eigenvalue weighted by Crippen LogP contribution is 2.34.